The number of nitrogens with zero attached hydrogens (tertiary/aromatic N) is 2. The summed E-state index contributed by atoms with van der Waals surface area (Å²) in [5, 5.41) is 0.772. The highest BCUT2D eigenvalue weighted by Gasteiger charge is 2.31. The van der Waals surface area contributed by atoms with Crippen molar-refractivity contribution in [3.8, 4) is 0 Å². The Morgan fingerprint density at radius 3 is 3.09 bits per heavy atom. The molecule has 1 aliphatic heterocycles. The van der Waals surface area contributed by atoms with E-state index in [4.69, 9.17) is 9.47 Å². The lowest BCUT2D eigenvalue weighted by Crippen LogP contribution is -2.49. The van der Waals surface area contributed by atoms with Crippen LogP contribution in [0.3, 0.4) is 0 Å². The summed E-state index contributed by atoms with van der Waals surface area (Å²) < 4.78 is 24.2. The van der Waals surface area contributed by atoms with Crippen LogP contribution in [-0.4, -0.2) is 48.3 Å². The summed E-state index contributed by atoms with van der Waals surface area (Å²) in [7, 11) is 1.35. The first kappa shape index (κ1) is 15.8. The summed E-state index contributed by atoms with van der Waals surface area (Å²) in [5.41, 5.74) is 1.58. The molecule has 0 bridgehead atoms. The zero-order chi connectivity index (χ0) is 16.4. The van der Waals surface area contributed by atoms with Crippen LogP contribution >= 0.6 is 0 Å². The van der Waals surface area contributed by atoms with E-state index in [-0.39, 0.29) is 17.9 Å². The molecule has 0 saturated carbocycles. The van der Waals surface area contributed by atoms with Crippen molar-refractivity contribution in [1.29, 1.82) is 0 Å². The van der Waals surface area contributed by atoms with Gasteiger partial charge in [-0.3, -0.25) is 9.88 Å². The predicted molar refractivity (Wildman–Crippen MR) is 83.3 cm³/mol. The molecule has 5 nitrogen and oxygen atoms in total. The number of esters is 1. The third-order valence-electron chi connectivity index (χ3n) is 3.94. The minimum atomic E-state index is -0.614. The van der Waals surface area contributed by atoms with Crippen molar-refractivity contribution in [2.45, 2.75) is 25.7 Å². The summed E-state index contributed by atoms with van der Waals surface area (Å²) in [6.45, 7) is 3.50. The number of benzene rings is 1. The van der Waals surface area contributed by atoms with E-state index >= 15 is 0 Å². The van der Waals surface area contributed by atoms with Crippen molar-refractivity contribution >= 4 is 16.9 Å². The van der Waals surface area contributed by atoms with Crippen LogP contribution in [-0.2, 0) is 20.8 Å². The van der Waals surface area contributed by atoms with E-state index in [1.165, 1.54) is 19.2 Å². The standard InChI is InChI=1S/C17H19FN2O3/c1-11-8-20(10-15(23-11)17(21)22-2)9-13-7-14(18)6-12-4-3-5-19-16(12)13/h3-7,11,15H,8-10H2,1-2H3/t11-,15?/m1/s1. The van der Waals surface area contributed by atoms with Gasteiger partial charge in [-0.1, -0.05) is 6.07 Å². The molecule has 0 radical (unpaired) electrons. The molecule has 0 N–H and O–H groups in total. The van der Waals surface area contributed by atoms with E-state index in [2.05, 4.69) is 9.88 Å². The Balaban J connectivity index is 1.85. The van der Waals surface area contributed by atoms with Gasteiger partial charge in [-0.2, -0.15) is 0 Å². The Morgan fingerprint density at radius 2 is 2.30 bits per heavy atom. The molecule has 2 atom stereocenters. The number of morpholine rings is 1. The lowest BCUT2D eigenvalue weighted by Gasteiger charge is -2.35. The fourth-order valence-corrected chi connectivity index (χ4v) is 3.02. The number of ether oxygens (including phenoxy) is 2. The summed E-state index contributed by atoms with van der Waals surface area (Å²) in [5.74, 6) is -0.671. The molecule has 23 heavy (non-hydrogen) atoms. The van der Waals surface area contributed by atoms with E-state index in [0.717, 1.165) is 16.5 Å². The number of pyridine rings is 1. The third kappa shape index (κ3) is 3.48. The zero-order valence-electron chi connectivity index (χ0n) is 13.2. The van der Waals surface area contributed by atoms with Crippen LogP contribution in [0, 0.1) is 5.82 Å². The lowest BCUT2D eigenvalue weighted by atomic mass is 10.1. The maximum Gasteiger partial charge on any atom is 0.336 e. The molecule has 6 heteroatoms. The summed E-state index contributed by atoms with van der Waals surface area (Å²) in [6.07, 6.45) is 0.986. The zero-order valence-corrected chi connectivity index (χ0v) is 13.2. The number of rotatable bonds is 3. The Hall–Kier alpha value is -2.05. The molecule has 0 aliphatic carbocycles. The summed E-state index contributed by atoms with van der Waals surface area (Å²) in [6, 6.07) is 6.61. The largest absolute Gasteiger partial charge is 0.467 e. The molecule has 2 aromatic rings. The number of carbonyl (C=O) groups excluding carboxylic acids is 1. The van der Waals surface area contributed by atoms with E-state index in [0.29, 0.717) is 19.6 Å². The van der Waals surface area contributed by atoms with Gasteiger partial charge in [-0.25, -0.2) is 9.18 Å². The van der Waals surface area contributed by atoms with E-state index in [1.54, 1.807) is 12.3 Å². The highest BCUT2D eigenvalue weighted by Crippen LogP contribution is 2.22. The molecule has 1 aromatic heterocycles. The molecule has 0 spiro atoms. The SMILES string of the molecule is COC(=O)C1CN(Cc2cc(F)cc3cccnc23)C[C@@H](C)O1. The molecule has 1 aromatic carbocycles. The Morgan fingerprint density at radius 1 is 1.48 bits per heavy atom. The number of methoxy groups -OCH3 is 1. The molecular weight excluding hydrogens is 299 g/mol. The van der Waals surface area contributed by atoms with Crippen LogP contribution in [0.4, 0.5) is 4.39 Å². The average molecular weight is 318 g/mol. The van der Waals surface area contributed by atoms with Gasteiger partial charge in [0.15, 0.2) is 6.10 Å². The van der Waals surface area contributed by atoms with Crippen molar-refractivity contribution in [2.24, 2.45) is 0 Å². The lowest BCUT2D eigenvalue weighted by molar-refractivity contribution is -0.166. The van der Waals surface area contributed by atoms with Gasteiger partial charge >= 0.3 is 5.97 Å². The monoisotopic (exact) mass is 318 g/mol. The number of aromatic nitrogens is 1. The molecule has 2 heterocycles. The second-order valence-corrected chi connectivity index (χ2v) is 5.79. The van der Waals surface area contributed by atoms with Crippen LogP contribution in [0.1, 0.15) is 12.5 Å². The van der Waals surface area contributed by atoms with Gasteiger partial charge in [0.25, 0.3) is 0 Å². The van der Waals surface area contributed by atoms with Gasteiger partial charge in [0.2, 0.25) is 0 Å². The topological polar surface area (TPSA) is 51.7 Å². The molecule has 1 fully saturated rings. The normalized spacial score (nSPS) is 22.2. The first-order valence-electron chi connectivity index (χ1n) is 7.55. The second-order valence-electron chi connectivity index (χ2n) is 5.79. The highest BCUT2D eigenvalue weighted by molar-refractivity contribution is 5.81. The number of carbonyl (C=O) groups is 1. The van der Waals surface area contributed by atoms with Gasteiger partial charge in [0, 0.05) is 31.2 Å². The first-order chi connectivity index (χ1) is 11.1. The molecule has 0 amide bonds. The van der Waals surface area contributed by atoms with Crippen molar-refractivity contribution in [1.82, 2.24) is 9.88 Å². The fourth-order valence-electron chi connectivity index (χ4n) is 3.02. The molecule has 1 unspecified atom stereocenters. The maximum atomic E-state index is 13.8. The summed E-state index contributed by atoms with van der Waals surface area (Å²) >= 11 is 0. The van der Waals surface area contributed by atoms with Gasteiger partial charge in [-0.15, -0.1) is 0 Å². The molecule has 3 rings (SSSR count). The van der Waals surface area contributed by atoms with E-state index < -0.39 is 6.10 Å². The van der Waals surface area contributed by atoms with E-state index in [1.807, 2.05) is 13.0 Å². The van der Waals surface area contributed by atoms with Crippen molar-refractivity contribution in [2.75, 3.05) is 20.2 Å². The smallest absolute Gasteiger partial charge is 0.336 e. The molecule has 1 aliphatic rings. The van der Waals surface area contributed by atoms with Crippen LogP contribution in [0.25, 0.3) is 10.9 Å². The Kier molecular flexibility index (Phi) is 4.54. The summed E-state index contributed by atoms with van der Waals surface area (Å²) in [4.78, 5) is 18.2. The number of fused-ring (bicyclic) bond motifs is 1. The van der Waals surface area contributed by atoms with Crippen molar-refractivity contribution in [3.05, 3.63) is 41.8 Å². The van der Waals surface area contributed by atoms with Gasteiger partial charge < -0.3 is 9.47 Å². The van der Waals surface area contributed by atoms with Gasteiger partial charge in [0.1, 0.15) is 5.82 Å². The second kappa shape index (κ2) is 6.60. The molecule has 122 valence electrons. The number of hydrogen-bond acceptors (Lipinski definition) is 5. The Bertz CT molecular complexity index is 722. The third-order valence-corrected chi connectivity index (χ3v) is 3.94. The minimum absolute atomic E-state index is 0.0966. The Labute approximate surface area is 134 Å². The van der Waals surface area contributed by atoms with Crippen LogP contribution < -0.4 is 0 Å². The van der Waals surface area contributed by atoms with Gasteiger partial charge in [-0.05, 0) is 30.7 Å². The van der Waals surface area contributed by atoms with Crippen molar-refractivity contribution in [3.63, 3.8) is 0 Å². The fraction of sp³-hybridized carbons (Fsp3) is 0.412. The van der Waals surface area contributed by atoms with Crippen LogP contribution in [0.15, 0.2) is 30.5 Å². The quantitative estimate of drug-likeness (QED) is 0.812. The van der Waals surface area contributed by atoms with Crippen molar-refractivity contribution < 1.29 is 18.7 Å². The predicted octanol–water partition coefficient (Wildman–Crippen LogP) is 2.14. The minimum Gasteiger partial charge on any atom is -0.467 e. The van der Waals surface area contributed by atoms with Crippen LogP contribution in [0.5, 0.6) is 0 Å². The maximum absolute atomic E-state index is 13.8. The molecule has 1 saturated heterocycles. The van der Waals surface area contributed by atoms with Crippen LogP contribution in [0.2, 0.25) is 0 Å². The first-order valence-corrected chi connectivity index (χ1v) is 7.55. The molecular formula is C17H19FN2O3. The highest BCUT2D eigenvalue weighted by atomic mass is 19.1. The average Bonchev–Trinajstić information content (AvgIpc) is 2.53. The number of halogens is 1. The number of hydrogen-bond donors (Lipinski definition) is 0. The van der Waals surface area contributed by atoms with Gasteiger partial charge in [0.05, 0.1) is 18.7 Å². The van der Waals surface area contributed by atoms with E-state index in [9.17, 15) is 9.18 Å².